The van der Waals surface area contributed by atoms with Gasteiger partial charge in [0.05, 0.1) is 10.9 Å². The molecule has 184 valence electrons. The summed E-state index contributed by atoms with van der Waals surface area (Å²) in [6, 6.07) is 16.0. The Balaban J connectivity index is 1.27. The number of nitrogens with one attached hydrogen (secondary N) is 1. The molecule has 1 saturated heterocycles. The summed E-state index contributed by atoms with van der Waals surface area (Å²) in [5, 5.41) is 3.04. The van der Waals surface area contributed by atoms with Crippen molar-refractivity contribution in [3.8, 4) is 5.75 Å². The van der Waals surface area contributed by atoms with Gasteiger partial charge in [-0.15, -0.1) is 0 Å². The van der Waals surface area contributed by atoms with Gasteiger partial charge in [0.1, 0.15) is 18.2 Å². The van der Waals surface area contributed by atoms with Gasteiger partial charge in [0.25, 0.3) is 0 Å². The fourth-order valence-corrected chi connectivity index (χ4v) is 5.50. The zero-order valence-electron chi connectivity index (χ0n) is 19.4. The lowest BCUT2D eigenvalue weighted by atomic mass is 9.96. The zero-order chi connectivity index (χ0) is 24.8. The number of nitrogens with zero attached hydrogens (tertiary/aromatic N) is 2. The van der Waals surface area contributed by atoms with E-state index in [1.165, 1.54) is 16.4 Å². The molecular weight excluding hydrogens is 469 g/mol. The molecule has 7 nitrogen and oxygen atoms in total. The lowest BCUT2D eigenvalue weighted by Crippen LogP contribution is -2.43. The number of aromatic nitrogens is 1. The third-order valence-electron chi connectivity index (χ3n) is 6.14. The van der Waals surface area contributed by atoms with Crippen LogP contribution in [0.1, 0.15) is 36.9 Å². The first-order valence-corrected chi connectivity index (χ1v) is 12.9. The largest absolute Gasteiger partial charge is 0.489 e. The van der Waals surface area contributed by atoms with Crippen molar-refractivity contribution >= 4 is 15.9 Å². The molecule has 1 aromatic heterocycles. The van der Waals surface area contributed by atoms with E-state index < -0.39 is 15.8 Å². The number of rotatable bonds is 8. The highest BCUT2D eigenvalue weighted by atomic mass is 32.2. The average molecular weight is 498 g/mol. The van der Waals surface area contributed by atoms with Crippen LogP contribution in [0, 0.1) is 11.7 Å². The Kier molecular flexibility index (Phi) is 7.77. The maximum Gasteiger partial charge on any atom is 0.243 e. The van der Waals surface area contributed by atoms with Crippen LogP contribution in [0.15, 0.2) is 78.0 Å². The van der Waals surface area contributed by atoms with Crippen LogP contribution >= 0.6 is 0 Å². The van der Waals surface area contributed by atoms with Crippen LogP contribution in [0.5, 0.6) is 5.75 Å². The summed E-state index contributed by atoms with van der Waals surface area (Å²) in [4.78, 5) is 16.9. The maximum atomic E-state index is 13.1. The number of amides is 1. The van der Waals surface area contributed by atoms with Gasteiger partial charge in [-0.2, -0.15) is 4.31 Å². The fraction of sp³-hybridized carbons (Fsp3) is 0.308. The Morgan fingerprint density at radius 2 is 1.80 bits per heavy atom. The highest BCUT2D eigenvalue weighted by molar-refractivity contribution is 7.89. The molecule has 0 aliphatic carbocycles. The summed E-state index contributed by atoms with van der Waals surface area (Å²) >= 11 is 0. The normalized spacial score (nSPS) is 15.9. The Morgan fingerprint density at radius 3 is 2.43 bits per heavy atom. The van der Waals surface area contributed by atoms with E-state index in [9.17, 15) is 17.6 Å². The van der Waals surface area contributed by atoms with Crippen molar-refractivity contribution in [2.45, 2.75) is 37.3 Å². The fourth-order valence-electron chi connectivity index (χ4n) is 4.03. The topological polar surface area (TPSA) is 88.6 Å². The molecule has 9 heteroatoms. The monoisotopic (exact) mass is 497 g/mol. The van der Waals surface area contributed by atoms with Crippen LogP contribution in [-0.4, -0.2) is 36.7 Å². The number of carbonyl (C=O) groups excluding carboxylic acids is 1. The van der Waals surface area contributed by atoms with Crippen LogP contribution < -0.4 is 10.1 Å². The van der Waals surface area contributed by atoms with Gasteiger partial charge in [0.15, 0.2) is 0 Å². The van der Waals surface area contributed by atoms with Crippen LogP contribution in [0.4, 0.5) is 4.39 Å². The number of benzene rings is 2. The standard InChI is InChI=1S/C26H28FN3O4S/c1-19(21-4-8-24(9-5-21)34-18-20-3-2-14-28-17-20)29-26(31)22-12-15-30(16-13-22)35(32,33)25-10-6-23(27)7-11-25/h2-11,14,17,19,22H,12-13,15-16,18H2,1H3,(H,29,31). The molecule has 1 aliphatic rings. The Hall–Kier alpha value is -3.30. The SMILES string of the molecule is CC(NC(=O)C1CCN(S(=O)(=O)c2ccc(F)cc2)CC1)c1ccc(OCc2cccnc2)cc1. The average Bonchev–Trinajstić information content (AvgIpc) is 2.88. The Bertz CT molecular complexity index is 1230. The van der Waals surface area contributed by atoms with E-state index in [4.69, 9.17) is 4.74 Å². The molecule has 0 radical (unpaired) electrons. The zero-order valence-corrected chi connectivity index (χ0v) is 20.2. The predicted octanol–water partition coefficient (Wildman–Crippen LogP) is 4.08. The molecule has 2 aromatic carbocycles. The second-order valence-corrected chi connectivity index (χ2v) is 10.5. The van der Waals surface area contributed by atoms with Gasteiger partial charge in [0, 0.05) is 37.0 Å². The first-order chi connectivity index (χ1) is 16.8. The molecule has 1 fully saturated rings. The number of halogens is 1. The maximum absolute atomic E-state index is 13.1. The van der Waals surface area contributed by atoms with Crippen molar-refractivity contribution in [1.29, 1.82) is 0 Å². The van der Waals surface area contributed by atoms with Gasteiger partial charge in [-0.3, -0.25) is 9.78 Å². The first kappa shape index (κ1) is 24.8. The number of hydrogen-bond donors (Lipinski definition) is 1. The number of piperidine rings is 1. The summed E-state index contributed by atoms with van der Waals surface area (Å²) in [7, 11) is -3.70. The molecule has 1 unspecified atom stereocenters. The molecule has 35 heavy (non-hydrogen) atoms. The highest BCUT2D eigenvalue weighted by Gasteiger charge is 2.32. The molecule has 1 amide bonds. The molecule has 2 heterocycles. The van der Waals surface area contributed by atoms with Crippen LogP contribution in [0.2, 0.25) is 0 Å². The van der Waals surface area contributed by atoms with Gasteiger partial charge in [-0.25, -0.2) is 12.8 Å². The summed E-state index contributed by atoms with van der Waals surface area (Å²) in [5.74, 6) is -0.112. The van der Waals surface area contributed by atoms with E-state index in [1.807, 2.05) is 43.3 Å². The van der Waals surface area contributed by atoms with E-state index >= 15 is 0 Å². The third kappa shape index (κ3) is 6.23. The lowest BCUT2D eigenvalue weighted by Gasteiger charge is -2.31. The summed E-state index contributed by atoms with van der Waals surface area (Å²) in [6.07, 6.45) is 4.34. The molecule has 4 rings (SSSR count). The molecule has 0 bridgehead atoms. The summed E-state index contributed by atoms with van der Waals surface area (Å²) in [5.41, 5.74) is 1.93. The van der Waals surface area contributed by atoms with Crippen LogP contribution in [0.3, 0.4) is 0 Å². The van der Waals surface area contributed by atoms with Crippen molar-refractivity contribution in [3.63, 3.8) is 0 Å². The van der Waals surface area contributed by atoms with Gasteiger partial charge < -0.3 is 10.1 Å². The Morgan fingerprint density at radius 1 is 1.11 bits per heavy atom. The first-order valence-electron chi connectivity index (χ1n) is 11.5. The number of hydrogen-bond acceptors (Lipinski definition) is 5. The van der Waals surface area contributed by atoms with E-state index in [2.05, 4.69) is 10.3 Å². The molecule has 0 spiro atoms. The van der Waals surface area contributed by atoms with Gasteiger partial charge in [-0.05, 0) is 67.8 Å². The minimum absolute atomic E-state index is 0.0586. The minimum Gasteiger partial charge on any atom is -0.489 e. The molecular formula is C26H28FN3O4S. The molecule has 1 aliphatic heterocycles. The lowest BCUT2D eigenvalue weighted by molar-refractivity contribution is -0.126. The van der Waals surface area contributed by atoms with E-state index in [0.717, 1.165) is 29.0 Å². The summed E-state index contributed by atoms with van der Waals surface area (Å²) < 4.78 is 45.8. The third-order valence-corrected chi connectivity index (χ3v) is 8.06. The highest BCUT2D eigenvalue weighted by Crippen LogP contribution is 2.25. The van der Waals surface area contributed by atoms with Gasteiger partial charge >= 0.3 is 0 Å². The molecule has 1 atom stereocenters. The predicted molar refractivity (Wildman–Crippen MR) is 129 cm³/mol. The number of carbonyl (C=O) groups is 1. The molecule has 3 aromatic rings. The van der Waals surface area contributed by atoms with E-state index in [-0.39, 0.29) is 35.9 Å². The van der Waals surface area contributed by atoms with Gasteiger partial charge in [0.2, 0.25) is 15.9 Å². The molecule has 0 saturated carbocycles. The van der Waals surface area contributed by atoms with E-state index in [1.54, 1.807) is 12.4 Å². The van der Waals surface area contributed by atoms with Crippen molar-refractivity contribution in [1.82, 2.24) is 14.6 Å². The molecule has 1 N–H and O–H groups in total. The minimum atomic E-state index is -3.70. The smallest absolute Gasteiger partial charge is 0.243 e. The number of sulfonamides is 1. The van der Waals surface area contributed by atoms with Crippen molar-refractivity contribution in [2.75, 3.05) is 13.1 Å². The van der Waals surface area contributed by atoms with E-state index in [0.29, 0.717) is 19.4 Å². The van der Waals surface area contributed by atoms with Crippen LogP contribution in [-0.2, 0) is 21.4 Å². The Labute approximate surface area is 205 Å². The quantitative estimate of drug-likeness (QED) is 0.507. The van der Waals surface area contributed by atoms with Gasteiger partial charge in [-0.1, -0.05) is 18.2 Å². The second kappa shape index (κ2) is 11.0. The van der Waals surface area contributed by atoms with Crippen LogP contribution in [0.25, 0.3) is 0 Å². The number of ether oxygens (including phenoxy) is 1. The van der Waals surface area contributed by atoms with Crippen molar-refractivity contribution in [2.24, 2.45) is 5.92 Å². The summed E-state index contributed by atoms with van der Waals surface area (Å²) in [6.45, 7) is 2.83. The second-order valence-electron chi connectivity index (χ2n) is 8.58. The van der Waals surface area contributed by atoms with Crippen molar-refractivity contribution < 1.29 is 22.3 Å². The van der Waals surface area contributed by atoms with Crippen molar-refractivity contribution in [3.05, 3.63) is 90.0 Å². The number of pyridine rings is 1.